The first-order valence-corrected chi connectivity index (χ1v) is 11.6. The van der Waals surface area contributed by atoms with Crippen LogP contribution in [0.15, 0.2) is 63.5 Å². The number of aromatic nitrogens is 2. The van der Waals surface area contributed by atoms with E-state index >= 15 is 0 Å². The minimum absolute atomic E-state index is 0.0608. The van der Waals surface area contributed by atoms with E-state index < -0.39 is 9.84 Å². The molecule has 2 heterocycles. The molecule has 2 aromatic carbocycles. The molecule has 2 aromatic heterocycles. The van der Waals surface area contributed by atoms with E-state index in [4.69, 9.17) is 18.4 Å². The molecule has 166 valence electrons. The number of ether oxygens (including phenoxy) is 2. The Hall–Kier alpha value is -3.59. The van der Waals surface area contributed by atoms with Crippen LogP contribution in [0, 0.1) is 6.92 Å². The summed E-state index contributed by atoms with van der Waals surface area (Å²) in [4.78, 5) is 4.35. The molecule has 0 radical (unpaired) electrons. The Morgan fingerprint density at radius 2 is 1.75 bits per heavy atom. The molecule has 0 fully saturated rings. The van der Waals surface area contributed by atoms with Gasteiger partial charge in [0, 0.05) is 5.56 Å². The van der Waals surface area contributed by atoms with Gasteiger partial charge in [-0.15, -0.1) is 0 Å². The number of rotatable bonds is 8. The highest BCUT2D eigenvalue weighted by Crippen LogP contribution is 2.32. The molecule has 0 spiro atoms. The van der Waals surface area contributed by atoms with Crippen LogP contribution in [0.25, 0.3) is 23.0 Å². The van der Waals surface area contributed by atoms with Gasteiger partial charge in [0.05, 0.1) is 20.0 Å². The lowest BCUT2D eigenvalue weighted by atomic mass is 10.2. The van der Waals surface area contributed by atoms with Crippen LogP contribution in [0.2, 0.25) is 0 Å². The molecule has 0 amide bonds. The van der Waals surface area contributed by atoms with Gasteiger partial charge in [-0.3, -0.25) is 0 Å². The predicted molar refractivity (Wildman–Crippen MR) is 118 cm³/mol. The number of benzene rings is 2. The average molecular weight is 455 g/mol. The first-order valence-electron chi connectivity index (χ1n) is 9.78. The lowest BCUT2D eigenvalue weighted by Gasteiger charge is -2.07. The van der Waals surface area contributed by atoms with Gasteiger partial charge in [-0.25, -0.2) is 8.42 Å². The Kier molecular flexibility index (Phi) is 6.00. The number of sulfone groups is 1. The lowest BCUT2D eigenvalue weighted by Crippen LogP contribution is -2.07. The summed E-state index contributed by atoms with van der Waals surface area (Å²) in [7, 11) is -0.314. The summed E-state index contributed by atoms with van der Waals surface area (Å²) in [5.41, 5.74) is 2.43. The Morgan fingerprint density at radius 1 is 0.938 bits per heavy atom. The summed E-state index contributed by atoms with van der Waals surface area (Å²) < 4.78 is 46.7. The number of hydrogen-bond acceptors (Lipinski definition) is 8. The van der Waals surface area contributed by atoms with E-state index in [0.29, 0.717) is 34.4 Å². The molecule has 0 atom stereocenters. The van der Waals surface area contributed by atoms with Crippen LogP contribution < -0.4 is 9.47 Å². The molecule has 0 saturated carbocycles. The van der Waals surface area contributed by atoms with E-state index in [9.17, 15) is 8.42 Å². The second-order valence-corrected chi connectivity index (χ2v) is 9.34. The van der Waals surface area contributed by atoms with Crippen molar-refractivity contribution in [3.63, 3.8) is 0 Å². The van der Waals surface area contributed by atoms with E-state index in [1.54, 1.807) is 50.6 Å². The summed E-state index contributed by atoms with van der Waals surface area (Å²) in [5.74, 6) is 1.93. The van der Waals surface area contributed by atoms with Crippen LogP contribution in [0.5, 0.6) is 11.5 Å². The Morgan fingerprint density at radius 3 is 2.50 bits per heavy atom. The first kappa shape index (κ1) is 21.6. The highest BCUT2D eigenvalue weighted by atomic mass is 32.2. The van der Waals surface area contributed by atoms with Crippen LogP contribution in [0.4, 0.5) is 0 Å². The highest BCUT2D eigenvalue weighted by molar-refractivity contribution is 7.89. The number of aryl methyl sites for hydroxylation is 1. The van der Waals surface area contributed by atoms with Crippen molar-refractivity contribution in [2.24, 2.45) is 0 Å². The van der Waals surface area contributed by atoms with E-state index in [1.165, 1.54) is 0 Å². The second-order valence-electron chi connectivity index (χ2n) is 7.28. The molecule has 32 heavy (non-hydrogen) atoms. The molecule has 0 saturated heterocycles. The van der Waals surface area contributed by atoms with E-state index in [2.05, 4.69) is 10.1 Å². The van der Waals surface area contributed by atoms with E-state index in [-0.39, 0.29) is 17.4 Å². The van der Waals surface area contributed by atoms with Crippen molar-refractivity contribution in [2.75, 3.05) is 14.2 Å². The van der Waals surface area contributed by atoms with Crippen LogP contribution in [-0.2, 0) is 21.3 Å². The van der Waals surface area contributed by atoms with Gasteiger partial charge in [0.15, 0.2) is 27.1 Å². The fourth-order valence-corrected chi connectivity index (χ4v) is 4.69. The number of furan rings is 1. The monoisotopic (exact) mass is 454 g/mol. The van der Waals surface area contributed by atoms with Crippen molar-refractivity contribution < 1.29 is 26.8 Å². The maximum atomic E-state index is 12.6. The third-order valence-electron chi connectivity index (χ3n) is 4.77. The molecule has 0 aliphatic rings. The van der Waals surface area contributed by atoms with Crippen molar-refractivity contribution in [3.8, 4) is 34.5 Å². The maximum Gasteiger partial charge on any atom is 0.293 e. The summed E-state index contributed by atoms with van der Waals surface area (Å²) in [6.45, 7) is 1.93. The number of hydrogen-bond donors (Lipinski definition) is 0. The zero-order valence-electron chi connectivity index (χ0n) is 17.9. The van der Waals surface area contributed by atoms with Gasteiger partial charge in [-0.1, -0.05) is 35.0 Å². The van der Waals surface area contributed by atoms with Crippen LogP contribution in [0.3, 0.4) is 0 Å². The molecule has 0 aliphatic heterocycles. The van der Waals surface area contributed by atoms with Crippen LogP contribution in [-0.4, -0.2) is 32.8 Å². The molecule has 0 N–H and O–H groups in total. The van der Waals surface area contributed by atoms with Crippen LogP contribution in [0.1, 0.15) is 16.9 Å². The van der Waals surface area contributed by atoms with Gasteiger partial charge >= 0.3 is 0 Å². The minimum Gasteiger partial charge on any atom is -0.493 e. The Labute approximate surface area is 185 Å². The maximum absolute atomic E-state index is 12.6. The quantitative estimate of drug-likeness (QED) is 0.385. The first-order chi connectivity index (χ1) is 15.4. The SMILES string of the molecule is COc1ccc(-c2noc(-c3ccc(CS(=O)(=O)Cc4cccc(C)c4)o3)n2)cc1OC. The highest BCUT2D eigenvalue weighted by Gasteiger charge is 2.19. The van der Waals surface area contributed by atoms with Gasteiger partial charge < -0.3 is 18.4 Å². The molecule has 4 aromatic rings. The standard InChI is InChI=1S/C23H22N2O6S/c1-15-5-4-6-16(11-15)13-32(26,27)14-18-8-10-20(30-18)23-24-22(25-31-23)17-7-9-19(28-2)21(12-17)29-3/h4-12H,13-14H2,1-3H3. The predicted octanol–water partition coefficient (Wildman–Crippen LogP) is 4.44. The molecule has 4 rings (SSSR count). The Bertz CT molecular complexity index is 1340. The van der Waals surface area contributed by atoms with Gasteiger partial charge in [0.2, 0.25) is 5.82 Å². The molecule has 0 unspecified atom stereocenters. The fraction of sp³-hybridized carbons (Fsp3) is 0.217. The van der Waals surface area contributed by atoms with Crippen molar-refractivity contribution in [1.82, 2.24) is 10.1 Å². The van der Waals surface area contributed by atoms with E-state index in [1.807, 2.05) is 25.1 Å². The van der Waals surface area contributed by atoms with Crippen molar-refractivity contribution >= 4 is 9.84 Å². The van der Waals surface area contributed by atoms with Gasteiger partial charge in [-0.05, 0) is 42.8 Å². The summed E-state index contributed by atoms with van der Waals surface area (Å²) in [6.07, 6.45) is 0. The largest absolute Gasteiger partial charge is 0.493 e. The normalized spacial score (nSPS) is 11.5. The van der Waals surface area contributed by atoms with Crippen molar-refractivity contribution in [2.45, 2.75) is 18.4 Å². The zero-order valence-corrected chi connectivity index (χ0v) is 18.7. The molecular formula is C23H22N2O6S. The van der Waals surface area contributed by atoms with Crippen LogP contribution >= 0.6 is 0 Å². The fourth-order valence-electron chi connectivity index (χ4n) is 3.31. The molecule has 9 heteroatoms. The summed E-state index contributed by atoms with van der Waals surface area (Å²) in [6, 6.07) is 15.9. The number of methoxy groups -OCH3 is 2. The Balaban J connectivity index is 1.50. The lowest BCUT2D eigenvalue weighted by molar-refractivity contribution is 0.355. The third-order valence-corrected chi connectivity index (χ3v) is 6.27. The molecule has 0 aliphatic carbocycles. The van der Waals surface area contributed by atoms with Gasteiger partial charge in [0.25, 0.3) is 5.89 Å². The second kappa shape index (κ2) is 8.88. The average Bonchev–Trinajstić information content (AvgIpc) is 3.42. The van der Waals surface area contributed by atoms with E-state index in [0.717, 1.165) is 11.1 Å². The molecule has 8 nitrogen and oxygen atoms in total. The van der Waals surface area contributed by atoms with Crippen molar-refractivity contribution in [3.05, 3.63) is 71.5 Å². The minimum atomic E-state index is -3.41. The summed E-state index contributed by atoms with van der Waals surface area (Å²) in [5, 5.41) is 3.98. The number of nitrogens with zero attached hydrogens (tertiary/aromatic N) is 2. The molecular weight excluding hydrogens is 432 g/mol. The van der Waals surface area contributed by atoms with Gasteiger partial charge in [-0.2, -0.15) is 4.98 Å². The topological polar surface area (TPSA) is 105 Å². The van der Waals surface area contributed by atoms with Gasteiger partial charge in [0.1, 0.15) is 11.5 Å². The zero-order chi connectivity index (χ0) is 22.7. The third kappa shape index (κ3) is 4.83. The summed E-state index contributed by atoms with van der Waals surface area (Å²) >= 11 is 0. The smallest absolute Gasteiger partial charge is 0.293 e. The molecule has 0 bridgehead atoms. The van der Waals surface area contributed by atoms with Crippen molar-refractivity contribution in [1.29, 1.82) is 0 Å².